The van der Waals surface area contributed by atoms with Crippen molar-refractivity contribution in [1.82, 2.24) is 0 Å². The molecular weight excluding hydrogens is 350 g/mol. The molecule has 0 spiro atoms. The van der Waals surface area contributed by atoms with Gasteiger partial charge in [-0.2, -0.15) is 0 Å². The van der Waals surface area contributed by atoms with Gasteiger partial charge in [-0.05, 0) is 38.1 Å². The van der Waals surface area contributed by atoms with Crippen LogP contribution in [0, 0.1) is 0 Å². The number of ether oxygens (including phenoxy) is 1. The second-order valence-electron chi connectivity index (χ2n) is 5.63. The van der Waals surface area contributed by atoms with Gasteiger partial charge in [-0.1, -0.05) is 30.3 Å². The monoisotopic (exact) mass is 371 g/mol. The number of rotatable bonds is 8. The first kappa shape index (κ1) is 19.7. The summed E-state index contributed by atoms with van der Waals surface area (Å²) in [6, 6.07) is 16.5. The lowest BCUT2D eigenvalue weighted by molar-refractivity contribution is -0.152. The van der Waals surface area contributed by atoms with Crippen LogP contribution in [0.2, 0.25) is 0 Å². The molecule has 0 saturated carbocycles. The first-order chi connectivity index (χ1) is 12.5. The summed E-state index contributed by atoms with van der Waals surface area (Å²) < 4.78 is 5.17. The maximum Gasteiger partial charge on any atom is 0.307 e. The summed E-state index contributed by atoms with van der Waals surface area (Å²) in [4.78, 5) is 36.8. The molecule has 0 bridgehead atoms. The number of carbonyl (C=O) groups is 3. The molecule has 0 aliphatic carbocycles. The molecule has 2 aromatic carbocycles. The van der Waals surface area contributed by atoms with E-state index in [1.807, 2.05) is 30.3 Å². The Morgan fingerprint density at radius 3 is 2.38 bits per heavy atom. The average molecular weight is 371 g/mol. The number of amides is 1. The van der Waals surface area contributed by atoms with Gasteiger partial charge in [-0.25, -0.2) is 0 Å². The SMILES string of the molecule is CC(=O)c1ccccc1NC(=O)C(C)OC(=O)CCSc1ccccc1. The summed E-state index contributed by atoms with van der Waals surface area (Å²) in [5.74, 6) is -0.480. The third-order valence-electron chi connectivity index (χ3n) is 3.56. The molecule has 2 aromatic rings. The predicted molar refractivity (Wildman–Crippen MR) is 102 cm³/mol. The van der Waals surface area contributed by atoms with Crippen LogP contribution in [0.5, 0.6) is 0 Å². The Morgan fingerprint density at radius 1 is 1.04 bits per heavy atom. The maximum absolute atomic E-state index is 12.2. The van der Waals surface area contributed by atoms with E-state index < -0.39 is 18.0 Å². The smallest absolute Gasteiger partial charge is 0.307 e. The van der Waals surface area contributed by atoms with E-state index in [2.05, 4.69) is 5.32 Å². The number of carbonyl (C=O) groups excluding carboxylic acids is 3. The van der Waals surface area contributed by atoms with Gasteiger partial charge in [-0.3, -0.25) is 14.4 Å². The highest BCUT2D eigenvalue weighted by molar-refractivity contribution is 7.99. The van der Waals surface area contributed by atoms with Crippen LogP contribution in [0.3, 0.4) is 0 Å². The van der Waals surface area contributed by atoms with E-state index in [0.717, 1.165) is 4.90 Å². The van der Waals surface area contributed by atoms with Crippen LogP contribution in [0.25, 0.3) is 0 Å². The minimum atomic E-state index is -0.941. The third kappa shape index (κ3) is 6.04. The fraction of sp³-hybridized carbons (Fsp3) is 0.250. The fourth-order valence-corrected chi connectivity index (χ4v) is 3.07. The Kier molecular flexibility index (Phi) is 7.41. The van der Waals surface area contributed by atoms with Crippen molar-refractivity contribution >= 4 is 35.1 Å². The van der Waals surface area contributed by atoms with E-state index in [1.165, 1.54) is 13.8 Å². The topological polar surface area (TPSA) is 72.5 Å². The van der Waals surface area contributed by atoms with Crippen LogP contribution in [-0.4, -0.2) is 29.5 Å². The van der Waals surface area contributed by atoms with Gasteiger partial charge in [-0.15, -0.1) is 11.8 Å². The lowest BCUT2D eigenvalue weighted by Crippen LogP contribution is -2.30. The second-order valence-corrected chi connectivity index (χ2v) is 6.80. The van der Waals surface area contributed by atoms with E-state index in [4.69, 9.17) is 4.74 Å². The Balaban J connectivity index is 1.81. The van der Waals surface area contributed by atoms with E-state index in [1.54, 1.807) is 36.0 Å². The summed E-state index contributed by atoms with van der Waals surface area (Å²) in [5.41, 5.74) is 0.825. The molecule has 0 aliphatic rings. The molecule has 5 nitrogen and oxygen atoms in total. The van der Waals surface area contributed by atoms with E-state index in [0.29, 0.717) is 17.0 Å². The lowest BCUT2D eigenvalue weighted by Gasteiger charge is -2.15. The molecule has 6 heteroatoms. The van der Waals surface area contributed by atoms with Gasteiger partial charge in [0.25, 0.3) is 5.91 Å². The molecule has 0 radical (unpaired) electrons. The summed E-state index contributed by atoms with van der Waals surface area (Å²) in [5, 5.41) is 2.64. The lowest BCUT2D eigenvalue weighted by atomic mass is 10.1. The van der Waals surface area contributed by atoms with Gasteiger partial charge in [0.2, 0.25) is 0 Å². The molecule has 1 N–H and O–H groups in total. The Morgan fingerprint density at radius 2 is 1.69 bits per heavy atom. The first-order valence-electron chi connectivity index (χ1n) is 8.25. The molecule has 26 heavy (non-hydrogen) atoms. The highest BCUT2D eigenvalue weighted by atomic mass is 32.2. The highest BCUT2D eigenvalue weighted by Crippen LogP contribution is 2.19. The molecule has 0 saturated heterocycles. The number of para-hydroxylation sites is 1. The molecule has 2 rings (SSSR count). The van der Waals surface area contributed by atoms with Crippen molar-refractivity contribution < 1.29 is 19.1 Å². The van der Waals surface area contributed by atoms with Crippen molar-refractivity contribution in [3.05, 3.63) is 60.2 Å². The number of hydrogen-bond acceptors (Lipinski definition) is 5. The van der Waals surface area contributed by atoms with E-state index >= 15 is 0 Å². The normalized spacial score (nSPS) is 11.5. The Hall–Kier alpha value is -2.60. The zero-order valence-electron chi connectivity index (χ0n) is 14.7. The van der Waals surface area contributed by atoms with Crippen LogP contribution in [0.15, 0.2) is 59.5 Å². The van der Waals surface area contributed by atoms with Gasteiger partial charge in [0.1, 0.15) is 0 Å². The van der Waals surface area contributed by atoms with Crippen LogP contribution >= 0.6 is 11.8 Å². The number of nitrogens with one attached hydrogen (secondary N) is 1. The summed E-state index contributed by atoms with van der Waals surface area (Å²) in [7, 11) is 0. The molecule has 136 valence electrons. The highest BCUT2D eigenvalue weighted by Gasteiger charge is 2.19. The number of Topliss-reactive ketones (excluding diaryl/α,β-unsaturated/α-hetero) is 1. The number of benzene rings is 2. The van der Waals surface area contributed by atoms with E-state index in [-0.39, 0.29) is 12.2 Å². The van der Waals surface area contributed by atoms with Gasteiger partial charge in [0.05, 0.1) is 12.1 Å². The van der Waals surface area contributed by atoms with Crippen molar-refractivity contribution in [3.8, 4) is 0 Å². The van der Waals surface area contributed by atoms with Crippen molar-refractivity contribution in [2.75, 3.05) is 11.1 Å². The molecule has 0 heterocycles. The first-order valence-corrected chi connectivity index (χ1v) is 9.24. The Labute approximate surface area is 157 Å². The van der Waals surface area contributed by atoms with Crippen LogP contribution in [0.1, 0.15) is 30.6 Å². The van der Waals surface area contributed by atoms with Crippen molar-refractivity contribution in [2.45, 2.75) is 31.3 Å². The van der Waals surface area contributed by atoms with Gasteiger partial charge < -0.3 is 10.1 Å². The second kappa shape index (κ2) is 9.77. The standard InChI is InChI=1S/C20H21NO4S/c1-14(22)17-10-6-7-11-18(17)21-20(24)15(2)25-19(23)12-13-26-16-8-4-3-5-9-16/h3-11,15H,12-13H2,1-2H3,(H,21,24). The third-order valence-corrected chi connectivity index (χ3v) is 4.57. The van der Waals surface area contributed by atoms with Gasteiger partial charge >= 0.3 is 5.97 Å². The molecule has 1 atom stereocenters. The van der Waals surface area contributed by atoms with Gasteiger partial charge in [0, 0.05) is 16.2 Å². The van der Waals surface area contributed by atoms with Crippen molar-refractivity contribution in [1.29, 1.82) is 0 Å². The summed E-state index contributed by atoms with van der Waals surface area (Å²) >= 11 is 1.55. The maximum atomic E-state index is 12.2. The number of ketones is 1. The van der Waals surface area contributed by atoms with Crippen LogP contribution in [-0.2, 0) is 14.3 Å². The summed E-state index contributed by atoms with van der Waals surface area (Å²) in [6.45, 7) is 2.94. The van der Waals surface area contributed by atoms with Gasteiger partial charge in [0.15, 0.2) is 11.9 Å². The number of anilines is 1. The number of thioether (sulfide) groups is 1. The average Bonchev–Trinajstić information content (AvgIpc) is 2.62. The van der Waals surface area contributed by atoms with Crippen LogP contribution in [0.4, 0.5) is 5.69 Å². The molecule has 1 unspecified atom stereocenters. The number of esters is 1. The zero-order valence-corrected chi connectivity index (χ0v) is 15.5. The molecule has 0 aromatic heterocycles. The minimum absolute atomic E-state index is 0.150. The predicted octanol–water partition coefficient (Wildman–Crippen LogP) is 3.94. The molecule has 1 amide bonds. The fourth-order valence-electron chi connectivity index (χ4n) is 2.21. The molecule has 0 aliphatic heterocycles. The zero-order chi connectivity index (χ0) is 18.9. The molecular formula is C20H21NO4S. The quantitative estimate of drug-likeness (QED) is 0.432. The summed E-state index contributed by atoms with van der Waals surface area (Å²) in [6.07, 6.45) is -0.731. The largest absolute Gasteiger partial charge is 0.453 e. The minimum Gasteiger partial charge on any atom is -0.453 e. The van der Waals surface area contributed by atoms with Crippen LogP contribution < -0.4 is 5.32 Å². The Bertz CT molecular complexity index is 776. The molecule has 0 fully saturated rings. The van der Waals surface area contributed by atoms with Crippen molar-refractivity contribution in [3.63, 3.8) is 0 Å². The number of hydrogen-bond donors (Lipinski definition) is 1. The van der Waals surface area contributed by atoms with Crippen molar-refractivity contribution in [2.24, 2.45) is 0 Å². The van der Waals surface area contributed by atoms with E-state index in [9.17, 15) is 14.4 Å².